The molecule has 114 valence electrons. The molecule has 2 aromatic rings. The average molecular weight is 298 g/mol. The van der Waals surface area contributed by atoms with Crippen LogP contribution in [0.15, 0.2) is 54.6 Å². The molecule has 0 fully saturated rings. The molecule has 2 aromatic carbocycles. The van der Waals surface area contributed by atoms with Crippen LogP contribution >= 0.6 is 0 Å². The van der Waals surface area contributed by atoms with Gasteiger partial charge in [0.1, 0.15) is 17.2 Å². The van der Waals surface area contributed by atoms with Crippen molar-refractivity contribution in [3.05, 3.63) is 54.6 Å². The fourth-order valence-electron chi connectivity index (χ4n) is 1.94. The normalized spacial score (nSPS) is 9.95. The van der Waals surface area contributed by atoms with Crippen LogP contribution in [-0.2, 0) is 4.79 Å². The predicted molar refractivity (Wildman–Crippen MR) is 85.4 cm³/mol. The van der Waals surface area contributed by atoms with E-state index in [0.29, 0.717) is 17.1 Å². The van der Waals surface area contributed by atoms with Gasteiger partial charge in [-0.05, 0) is 36.8 Å². The van der Waals surface area contributed by atoms with Gasteiger partial charge in [-0.2, -0.15) is 0 Å². The molecule has 22 heavy (non-hydrogen) atoms. The Bertz CT molecular complexity index is 687. The van der Waals surface area contributed by atoms with Crippen molar-refractivity contribution >= 4 is 5.97 Å². The third-order valence-corrected chi connectivity index (χ3v) is 3.13. The zero-order valence-electron chi connectivity index (χ0n) is 12.9. The fraction of sp³-hybridized carbons (Fsp3) is 0.167. The Morgan fingerprint density at radius 1 is 0.955 bits per heavy atom. The lowest BCUT2D eigenvalue weighted by atomic mass is 10.0. The van der Waals surface area contributed by atoms with Gasteiger partial charge < -0.3 is 14.2 Å². The van der Waals surface area contributed by atoms with Crippen molar-refractivity contribution in [2.45, 2.75) is 6.92 Å². The van der Waals surface area contributed by atoms with Gasteiger partial charge >= 0.3 is 5.97 Å². The average Bonchev–Trinajstić information content (AvgIpc) is 2.54. The minimum absolute atomic E-state index is 0.346. The Morgan fingerprint density at radius 3 is 2.14 bits per heavy atom. The maximum absolute atomic E-state index is 11.6. The zero-order valence-corrected chi connectivity index (χ0v) is 12.9. The number of carbonyl (C=O) groups is 1. The van der Waals surface area contributed by atoms with Gasteiger partial charge in [0, 0.05) is 17.2 Å². The summed E-state index contributed by atoms with van der Waals surface area (Å²) in [6, 6.07) is 12.9. The van der Waals surface area contributed by atoms with Crippen LogP contribution in [0.5, 0.6) is 17.2 Å². The van der Waals surface area contributed by atoms with E-state index in [4.69, 9.17) is 14.2 Å². The number of rotatable bonds is 5. The first-order chi connectivity index (χ1) is 10.5. The molecule has 0 heterocycles. The molecule has 0 N–H and O–H groups in total. The summed E-state index contributed by atoms with van der Waals surface area (Å²) in [6.45, 7) is 5.16. The first-order valence-electron chi connectivity index (χ1n) is 6.75. The van der Waals surface area contributed by atoms with Gasteiger partial charge in [-0.3, -0.25) is 0 Å². The van der Waals surface area contributed by atoms with Crippen LogP contribution in [-0.4, -0.2) is 20.2 Å². The highest BCUT2D eigenvalue weighted by Gasteiger charge is 2.11. The Morgan fingerprint density at radius 2 is 1.59 bits per heavy atom. The van der Waals surface area contributed by atoms with Gasteiger partial charge in [0.15, 0.2) is 0 Å². The monoisotopic (exact) mass is 298 g/mol. The molecular weight excluding hydrogens is 280 g/mol. The molecule has 0 spiro atoms. The molecule has 0 bridgehead atoms. The number of hydrogen-bond acceptors (Lipinski definition) is 4. The molecule has 0 atom stereocenters. The second kappa shape index (κ2) is 6.80. The summed E-state index contributed by atoms with van der Waals surface area (Å²) in [4.78, 5) is 11.6. The molecule has 0 unspecified atom stereocenters. The summed E-state index contributed by atoms with van der Waals surface area (Å²) in [6.07, 6.45) is 0. The molecule has 0 saturated heterocycles. The minimum atomic E-state index is -0.459. The lowest BCUT2D eigenvalue weighted by Crippen LogP contribution is -2.08. The molecule has 4 nitrogen and oxygen atoms in total. The second-order valence-corrected chi connectivity index (χ2v) is 4.76. The SMILES string of the molecule is C=C(C)C(=O)Oc1ccc(-c2ccc(OC)cc2)c(OC)c1. The molecule has 0 amide bonds. The largest absolute Gasteiger partial charge is 0.497 e. The van der Waals surface area contributed by atoms with Crippen molar-refractivity contribution in [3.63, 3.8) is 0 Å². The first kappa shape index (κ1) is 15.6. The van der Waals surface area contributed by atoms with E-state index < -0.39 is 5.97 Å². The summed E-state index contributed by atoms with van der Waals surface area (Å²) in [5, 5.41) is 0. The van der Waals surface area contributed by atoms with Crippen LogP contribution in [0, 0.1) is 0 Å². The van der Waals surface area contributed by atoms with Crippen molar-refractivity contribution in [2.24, 2.45) is 0 Å². The third kappa shape index (κ3) is 3.47. The quantitative estimate of drug-likeness (QED) is 0.478. The number of carbonyl (C=O) groups excluding carboxylic acids is 1. The lowest BCUT2D eigenvalue weighted by Gasteiger charge is -2.11. The molecule has 0 aliphatic heterocycles. The molecule has 4 heteroatoms. The van der Waals surface area contributed by atoms with E-state index in [1.807, 2.05) is 30.3 Å². The highest BCUT2D eigenvalue weighted by atomic mass is 16.5. The Kier molecular flexibility index (Phi) is 4.84. The number of hydrogen-bond donors (Lipinski definition) is 0. The number of esters is 1. The van der Waals surface area contributed by atoms with E-state index in [0.717, 1.165) is 16.9 Å². The molecular formula is C18H18O4. The minimum Gasteiger partial charge on any atom is -0.497 e. The van der Waals surface area contributed by atoms with Crippen molar-refractivity contribution < 1.29 is 19.0 Å². The highest BCUT2D eigenvalue weighted by molar-refractivity contribution is 5.89. The molecule has 0 saturated carbocycles. The highest BCUT2D eigenvalue weighted by Crippen LogP contribution is 2.34. The van der Waals surface area contributed by atoms with Crippen molar-refractivity contribution in [2.75, 3.05) is 14.2 Å². The van der Waals surface area contributed by atoms with Gasteiger partial charge in [0.25, 0.3) is 0 Å². The molecule has 0 aliphatic carbocycles. The molecule has 0 aromatic heterocycles. The van der Waals surface area contributed by atoms with Crippen LogP contribution < -0.4 is 14.2 Å². The number of ether oxygens (including phenoxy) is 3. The summed E-state index contributed by atoms with van der Waals surface area (Å²) in [5.74, 6) is 1.37. The van der Waals surface area contributed by atoms with Gasteiger partial charge in [-0.1, -0.05) is 18.7 Å². The second-order valence-electron chi connectivity index (χ2n) is 4.76. The fourth-order valence-corrected chi connectivity index (χ4v) is 1.94. The Hall–Kier alpha value is -2.75. The molecule has 0 aliphatic rings. The summed E-state index contributed by atoms with van der Waals surface area (Å²) < 4.78 is 15.8. The van der Waals surface area contributed by atoms with E-state index >= 15 is 0 Å². The standard InChI is InChI=1S/C18H18O4/c1-12(2)18(19)22-15-9-10-16(17(11-15)21-4)13-5-7-14(20-3)8-6-13/h5-11H,1H2,2-4H3. The Labute approximate surface area is 129 Å². The van der Waals surface area contributed by atoms with Crippen LogP contribution in [0.1, 0.15) is 6.92 Å². The maximum Gasteiger partial charge on any atom is 0.338 e. The van der Waals surface area contributed by atoms with Crippen LogP contribution in [0.25, 0.3) is 11.1 Å². The van der Waals surface area contributed by atoms with E-state index in [-0.39, 0.29) is 0 Å². The topological polar surface area (TPSA) is 44.8 Å². The maximum atomic E-state index is 11.6. The van der Waals surface area contributed by atoms with Crippen LogP contribution in [0.3, 0.4) is 0 Å². The van der Waals surface area contributed by atoms with Crippen molar-refractivity contribution in [3.8, 4) is 28.4 Å². The zero-order chi connectivity index (χ0) is 16.1. The Balaban J connectivity index is 2.32. The van der Waals surface area contributed by atoms with Crippen LogP contribution in [0.2, 0.25) is 0 Å². The number of benzene rings is 2. The lowest BCUT2D eigenvalue weighted by molar-refractivity contribution is -0.130. The van der Waals surface area contributed by atoms with Crippen molar-refractivity contribution in [1.82, 2.24) is 0 Å². The van der Waals surface area contributed by atoms with E-state index in [1.54, 1.807) is 33.3 Å². The van der Waals surface area contributed by atoms with E-state index in [1.165, 1.54) is 0 Å². The van der Waals surface area contributed by atoms with Gasteiger partial charge in [-0.15, -0.1) is 0 Å². The third-order valence-electron chi connectivity index (χ3n) is 3.13. The van der Waals surface area contributed by atoms with E-state index in [2.05, 4.69) is 6.58 Å². The smallest absolute Gasteiger partial charge is 0.338 e. The van der Waals surface area contributed by atoms with Crippen molar-refractivity contribution in [1.29, 1.82) is 0 Å². The van der Waals surface area contributed by atoms with Gasteiger partial charge in [0.2, 0.25) is 0 Å². The van der Waals surface area contributed by atoms with E-state index in [9.17, 15) is 4.79 Å². The summed E-state index contributed by atoms with van der Waals surface area (Å²) in [5.41, 5.74) is 2.23. The molecule has 0 radical (unpaired) electrons. The first-order valence-corrected chi connectivity index (χ1v) is 6.75. The predicted octanol–water partition coefficient (Wildman–Crippen LogP) is 3.85. The van der Waals surface area contributed by atoms with Crippen LogP contribution in [0.4, 0.5) is 0 Å². The summed E-state index contributed by atoms with van der Waals surface area (Å²) >= 11 is 0. The molecule has 2 rings (SSSR count). The van der Waals surface area contributed by atoms with Gasteiger partial charge in [0.05, 0.1) is 14.2 Å². The summed E-state index contributed by atoms with van der Waals surface area (Å²) in [7, 11) is 3.20. The van der Waals surface area contributed by atoms with Gasteiger partial charge in [-0.25, -0.2) is 4.79 Å². The number of methoxy groups -OCH3 is 2.